The molecule has 0 aromatic carbocycles. The van der Waals surface area contributed by atoms with Crippen LogP contribution in [-0.2, 0) is 19.1 Å². The van der Waals surface area contributed by atoms with E-state index in [0.717, 1.165) is 6.20 Å². The molecule has 1 saturated heterocycles. The van der Waals surface area contributed by atoms with E-state index in [-0.39, 0.29) is 17.3 Å². The number of ether oxygens (including phenoxy) is 1. The molecule has 1 aliphatic rings. The number of hydrogen-bond donors (Lipinski definition) is 2. The van der Waals surface area contributed by atoms with Gasteiger partial charge in [0.15, 0.2) is 0 Å². The number of carbonyl (C=O) groups excluding carboxylic acids is 4. The third-order valence-corrected chi connectivity index (χ3v) is 1.51. The van der Waals surface area contributed by atoms with Crippen LogP contribution in [-0.4, -0.2) is 34.9 Å². The largest absolute Gasteiger partial charge is 0.444 e. The molecule has 1 rings (SSSR count). The number of hydrogen-bond acceptors (Lipinski definition) is 5. The smallest absolute Gasteiger partial charge is 0.412 e. The first-order chi connectivity index (χ1) is 8.24. The van der Waals surface area contributed by atoms with Crippen LogP contribution in [0.3, 0.4) is 0 Å². The lowest BCUT2D eigenvalue weighted by molar-refractivity contribution is -0.124. The second-order valence-corrected chi connectivity index (χ2v) is 4.38. The highest BCUT2D eigenvalue weighted by Crippen LogP contribution is 2.05. The van der Waals surface area contributed by atoms with Crippen molar-refractivity contribution >= 4 is 23.8 Å². The summed E-state index contributed by atoms with van der Waals surface area (Å²) in [4.78, 5) is 40.5. The summed E-state index contributed by atoms with van der Waals surface area (Å²) in [6.07, 6.45) is 0.951. The predicted molar refractivity (Wildman–Crippen MR) is 65.6 cm³/mol. The Hall–Kier alpha value is -2.18. The molecule has 8 nitrogen and oxygen atoms in total. The normalized spacial score (nSPS) is 13.0. The Morgan fingerprint density at radius 3 is 2.05 bits per heavy atom. The van der Waals surface area contributed by atoms with Crippen LogP contribution in [0.5, 0.6) is 0 Å². The van der Waals surface area contributed by atoms with Gasteiger partial charge >= 0.3 is 6.09 Å². The molecule has 19 heavy (non-hydrogen) atoms. The molecular formula is C11H18N2O6. The molecule has 108 valence electrons. The molecule has 0 saturated carbocycles. The van der Waals surface area contributed by atoms with E-state index in [4.69, 9.17) is 4.74 Å². The topological polar surface area (TPSA) is 133 Å². The molecule has 0 bridgehead atoms. The Kier molecular flexibility index (Phi) is 8.92. The van der Waals surface area contributed by atoms with E-state index in [9.17, 15) is 19.2 Å². The van der Waals surface area contributed by atoms with Crippen LogP contribution in [0, 0.1) is 0 Å². The lowest BCUT2D eigenvalue weighted by Gasteiger charge is -2.18. The first-order valence-electron chi connectivity index (χ1n) is 5.26. The first-order valence-corrected chi connectivity index (χ1v) is 5.26. The minimum absolute atomic E-state index is 0. The molecule has 0 aliphatic carbocycles. The van der Waals surface area contributed by atoms with Crippen molar-refractivity contribution in [2.45, 2.75) is 39.2 Å². The highest BCUT2D eigenvalue weighted by Gasteiger charge is 2.16. The number of amides is 3. The molecule has 4 N–H and O–H groups in total. The summed E-state index contributed by atoms with van der Waals surface area (Å²) in [6, 6.07) is 0. The fraction of sp³-hybridized carbons (Fsp3) is 0.545. The van der Waals surface area contributed by atoms with Crippen molar-refractivity contribution in [3.63, 3.8) is 0 Å². The second kappa shape index (κ2) is 8.84. The van der Waals surface area contributed by atoms with E-state index in [1.54, 1.807) is 20.8 Å². The third kappa shape index (κ3) is 12.1. The molecule has 1 fully saturated rings. The Labute approximate surface area is 110 Å². The van der Waals surface area contributed by atoms with Crippen molar-refractivity contribution in [3.8, 4) is 0 Å². The molecule has 1 heterocycles. The zero-order valence-corrected chi connectivity index (χ0v) is 11.0. The SMILES string of the molecule is CC(C)(C)OC(=O)NC=C=O.O.O=C1CCC(=O)N1. The fourth-order valence-electron chi connectivity index (χ4n) is 0.904. The summed E-state index contributed by atoms with van der Waals surface area (Å²) in [6.45, 7) is 5.20. The monoisotopic (exact) mass is 274 g/mol. The van der Waals surface area contributed by atoms with Gasteiger partial charge < -0.3 is 10.2 Å². The van der Waals surface area contributed by atoms with Crippen LogP contribution in [0.2, 0.25) is 0 Å². The summed E-state index contributed by atoms with van der Waals surface area (Å²) in [7, 11) is 0. The van der Waals surface area contributed by atoms with Crippen LogP contribution < -0.4 is 10.6 Å². The van der Waals surface area contributed by atoms with E-state index in [2.05, 4.69) is 10.6 Å². The van der Waals surface area contributed by atoms with Crippen molar-refractivity contribution in [1.82, 2.24) is 10.6 Å². The maximum absolute atomic E-state index is 10.7. The third-order valence-electron chi connectivity index (χ3n) is 1.51. The van der Waals surface area contributed by atoms with Crippen molar-refractivity contribution in [1.29, 1.82) is 0 Å². The predicted octanol–water partition coefficient (Wildman–Crippen LogP) is -0.545. The summed E-state index contributed by atoms with van der Waals surface area (Å²) >= 11 is 0. The van der Waals surface area contributed by atoms with Gasteiger partial charge in [0.05, 0.1) is 6.20 Å². The number of alkyl carbamates (subject to hydrolysis) is 1. The van der Waals surface area contributed by atoms with Gasteiger partial charge in [0, 0.05) is 12.8 Å². The standard InChI is InChI=1S/C7H11NO3.C4H5NO2.H2O/c1-7(2,3)11-6(10)8-4-5-9;6-3-1-2-4(7)5-3;/h4H,1-3H3,(H,8,10);1-2H2,(H,5,6,7);1H2. The summed E-state index contributed by atoms with van der Waals surface area (Å²) in [5.41, 5.74) is -0.541. The quantitative estimate of drug-likeness (QED) is 0.489. The van der Waals surface area contributed by atoms with Gasteiger partial charge in [-0.1, -0.05) is 0 Å². The van der Waals surface area contributed by atoms with Gasteiger partial charge in [-0.25, -0.2) is 9.59 Å². The number of imide groups is 1. The van der Waals surface area contributed by atoms with Gasteiger partial charge in [-0.05, 0) is 20.8 Å². The van der Waals surface area contributed by atoms with Crippen molar-refractivity contribution in [3.05, 3.63) is 6.20 Å². The van der Waals surface area contributed by atoms with Crippen LogP contribution in [0.4, 0.5) is 4.79 Å². The minimum Gasteiger partial charge on any atom is -0.444 e. The molecule has 0 unspecified atom stereocenters. The number of carbonyl (C=O) groups is 3. The highest BCUT2D eigenvalue weighted by atomic mass is 16.6. The van der Waals surface area contributed by atoms with Crippen LogP contribution in [0.15, 0.2) is 6.20 Å². The first kappa shape index (κ1) is 19.2. The zero-order chi connectivity index (χ0) is 14.2. The van der Waals surface area contributed by atoms with Crippen LogP contribution in [0.25, 0.3) is 0 Å². The van der Waals surface area contributed by atoms with Crippen LogP contribution >= 0.6 is 0 Å². The van der Waals surface area contributed by atoms with E-state index < -0.39 is 11.7 Å². The van der Waals surface area contributed by atoms with Gasteiger partial charge in [0.1, 0.15) is 11.5 Å². The van der Waals surface area contributed by atoms with Crippen molar-refractivity contribution < 1.29 is 29.4 Å². The number of nitrogens with one attached hydrogen (secondary N) is 2. The van der Waals surface area contributed by atoms with E-state index >= 15 is 0 Å². The fourth-order valence-corrected chi connectivity index (χ4v) is 0.904. The molecule has 0 atom stereocenters. The van der Waals surface area contributed by atoms with E-state index in [0.29, 0.717) is 12.8 Å². The van der Waals surface area contributed by atoms with Gasteiger partial charge in [-0.15, -0.1) is 0 Å². The molecule has 0 aromatic rings. The molecule has 0 radical (unpaired) electrons. The van der Waals surface area contributed by atoms with Crippen molar-refractivity contribution in [2.75, 3.05) is 0 Å². The van der Waals surface area contributed by atoms with Crippen molar-refractivity contribution in [2.24, 2.45) is 0 Å². The molecule has 3 amide bonds. The van der Waals surface area contributed by atoms with Gasteiger partial charge in [0.2, 0.25) is 11.8 Å². The number of rotatable bonds is 1. The Bertz CT molecular complexity index is 365. The minimum atomic E-state index is -0.652. The molecular weight excluding hydrogens is 256 g/mol. The lowest BCUT2D eigenvalue weighted by atomic mass is 10.2. The molecule has 0 aromatic heterocycles. The maximum atomic E-state index is 10.7. The van der Waals surface area contributed by atoms with Gasteiger partial charge in [0.25, 0.3) is 0 Å². The Morgan fingerprint density at radius 2 is 1.79 bits per heavy atom. The zero-order valence-electron chi connectivity index (χ0n) is 11.0. The Balaban J connectivity index is 0. The van der Waals surface area contributed by atoms with E-state index in [1.165, 1.54) is 5.94 Å². The van der Waals surface area contributed by atoms with Gasteiger partial charge in [-0.2, -0.15) is 0 Å². The average molecular weight is 274 g/mol. The maximum Gasteiger partial charge on any atom is 0.412 e. The highest BCUT2D eigenvalue weighted by molar-refractivity contribution is 6.01. The second-order valence-electron chi connectivity index (χ2n) is 4.38. The van der Waals surface area contributed by atoms with E-state index in [1.807, 2.05) is 0 Å². The molecule has 8 heteroatoms. The summed E-state index contributed by atoms with van der Waals surface area (Å²) < 4.78 is 4.78. The molecule has 0 spiro atoms. The summed E-state index contributed by atoms with van der Waals surface area (Å²) in [5.74, 6) is 1.10. The molecule has 1 aliphatic heterocycles. The lowest BCUT2D eigenvalue weighted by Crippen LogP contribution is -2.29. The van der Waals surface area contributed by atoms with Gasteiger partial charge in [-0.3, -0.25) is 20.2 Å². The Morgan fingerprint density at radius 1 is 1.32 bits per heavy atom. The van der Waals surface area contributed by atoms with Crippen LogP contribution in [0.1, 0.15) is 33.6 Å². The average Bonchev–Trinajstić information content (AvgIpc) is 2.58. The summed E-state index contributed by atoms with van der Waals surface area (Å²) in [5, 5.41) is 4.22.